The lowest BCUT2D eigenvalue weighted by Crippen LogP contribution is -2.20. The second kappa shape index (κ2) is 2.71. The Kier molecular flexibility index (Phi) is 1.56. The van der Waals surface area contributed by atoms with Gasteiger partial charge >= 0.3 is 0 Å². The fourth-order valence-electron chi connectivity index (χ4n) is 1.34. The van der Waals surface area contributed by atoms with E-state index in [0.29, 0.717) is 0 Å². The van der Waals surface area contributed by atoms with Crippen LogP contribution < -0.4 is 0 Å². The predicted octanol–water partition coefficient (Wildman–Crippen LogP) is 1.72. The summed E-state index contributed by atoms with van der Waals surface area (Å²) >= 11 is 0. The van der Waals surface area contributed by atoms with Gasteiger partial charge < -0.3 is 4.90 Å². The summed E-state index contributed by atoms with van der Waals surface area (Å²) in [4.78, 5) is 2.05. The third-order valence-electron chi connectivity index (χ3n) is 1.92. The highest BCUT2D eigenvalue weighted by atomic mass is 15.1. The quantitative estimate of drug-likeness (QED) is 0.534. The average Bonchev–Trinajstić information content (AvgIpc) is 2.17. The van der Waals surface area contributed by atoms with Crippen LogP contribution in [0.25, 0.3) is 0 Å². The van der Waals surface area contributed by atoms with Gasteiger partial charge in [-0.05, 0) is 18.2 Å². The molecule has 0 aromatic rings. The highest BCUT2D eigenvalue weighted by Crippen LogP contribution is 2.20. The van der Waals surface area contributed by atoms with Crippen LogP contribution in [0.5, 0.6) is 0 Å². The first kappa shape index (κ1) is 6.93. The van der Waals surface area contributed by atoms with Gasteiger partial charge in [-0.2, -0.15) is 5.26 Å². The number of fused-ring (bicyclic) bond motifs is 1. The van der Waals surface area contributed by atoms with E-state index in [2.05, 4.69) is 11.0 Å². The summed E-state index contributed by atoms with van der Waals surface area (Å²) in [5.74, 6) is 0. The van der Waals surface area contributed by atoms with E-state index in [-0.39, 0.29) is 0 Å². The molecule has 0 fully saturated rings. The minimum absolute atomic E-state index is 0.738. The van der Waals surface area contributed by atoms with E-state index in [0.717, 1.165) is 17.8 Å². The normalized spacial score (nSPS) is 19.4. The summed E-state index contributed by atoms with van der Waals surface area (Å²) in [6, 6.07) is 2.17. The van der Waals surface area contributed by atoms with Crippen molar-refractivity contribution in [3.05, 3.63) is 47.9 Å². The zero-order chi connectivity index (χ0) is 8.39. The van der Waals surface area contributed by atoms with Crippen molar-refractivity contribution in [1.82, 2.24) is 4.90 Å². The fraction of sp³-hybridized carbons (Fsp3) is 0.100. The SMILES string of the molecule is N#CC1=C2C=CC=CN2CC=C1. The number of hydrogen-bond donors (Lipinski definition) is 0. The van der Waals surface area contributed by atoms with Crippen LogP contribution in [0.3, 0.4) is 0 Å². The van der Waals surface area contributed by atoms with Crippen LogP contribution in [0.15, 0.2) is 47.9 Å². The number of hydrogen-bond acceptors (Lipinski definition) is 2. The van der Waals surface area contributed by atoms with E-state index in [1.54, 1.807) is 0 Å². The summed E-state index contributed by atoms with van der Waals surface area (Å²) in [6.07, 6.45) is 11.7. The van der Waals surface area contributed by atoms with E-state index in [9.17, 15) is 0 Å². The summed E-state index contributed by atoms with van der Waals surface area (Å²) in [5.41, 5.74) is 1.74. The molecule has 0 amide bonds. The number of allylic oxidation sites excluding steroid dienone is 5. The van der Waals surface area contributed by atoms with Gasteiger partial charge in [-0.3, -0.25) is 0 Å². The summed E-state index contributed by atoms with van der Waals surface area (Å²) in [7, 11) is 0. The van der Waals surface area contributed by atoms with Crippen LogP contribution in [0, 0.1) is 11.3 Å². The van der Waals surface area contributed by atoms with E-state index in [1.807, 2.05) is 36.6 Å². The summed E-state index contributed by atoms with van der Waals surface area (Å²) in [5, 5.41) is 8.79. The maximum Gasteiger partial charge on any atom is 0.101 e. The molecule has 12 heavy (non-hydrogen) atoms. The second-order valence-corrected chi connectivity index (χ2v) is 2.67. The first-order chi connectivity index (χ1) is 5.92. The first-order valence-corrected chi connectivity index (χ1v) is 3.84. The summed E-state index contributed by atoms with van der Waals surface area (Å²) in [6.45, 7) is 0.862. The second-order valence-electron chi connectivity index (χ2n) is 2.67. The Morgan fingerprint density at radius 1 is 1.33 bits per heavy atom. The molecule has 0 saturated heterocycles. The van der Waals surface area contributed by atoms with Crippen LogP contribution in [0.4, 0.5) is 0 Å². The molecule has 0 N–H and O–H groups in total. The van der Waals surface area contributed by atoms with E-state index < -0.39 is 0 Å². The van der Waals surface area contributed by atoms with Crippen LogP contribution >= 0.6 is 0 Å². The zero-order valence-electron chi connectivity index (χ0n) is 6.57. The Balaban J connectivity index is 2.48. The molecule has 0 radical (unpaired) electrons. The molecule has 0 unspecified atom stereocenters. The van der Waals surface area contributed by atoms with Crippen molar-refractivity contribution in [3.63, 3.8) is 0 Å². The highest BCUT2D eigenvalue weighted by Gasteiger charge is 2.12. The Hall–Kier alpha value is -1.75. The van der Waals surface area contributed by atoms with Crippen molar-refractivity contribution in [2.24, 2.45) is 0 Å². The van der Waals surface area contributed by atoms with Gasteiger partial charge in [-0.15, -0.1) is 0 Å². The molecule has 2 heteroatoms. The Morgan fingerprint density at radius 2 is 2.25 bits per heavy atom. The molecule has 2 aliphatic rings. The van der Waals surface area contributed by atoms with Crippen molar-refractivity contribution in [2.75, 3.05) is 6.54 Å². The van der Waals surface area contributed by atoms with Gasteiger partial charge in [0.15, 0.2) is 0 Å². The zero-order valence-corrected chi connectivity index (χ0v) is 6.57. The molecule has 2 heterocycles. The summed E-state index contributed by atoms with van der Waals surface area (Å²) < 4.78 is 0. The van der Waals surface area contributed by atoms with E-state index in [4.69, 9.17) is 5.26 Å². The van der Waals surface area contributed by atoms with E-state index >= 15 is 0 Å². The van der Waals surface area contributed by atoms with Gasteiger partial charge in [0.25, 0.3) is 0 Å². The van der Waals surface area contributed by atoms with Crippen molar-refractivity contribution in [2.45, 2.75) is 0 Å². The third kappa shape index (κ3) is 0.960. The molecule has 0 saturated carbocycles. The lowest BCUT2D eigenvalue weighted by molar-refractivity contribution is 0.520. The van der Waals surface area contributed by atoms with Gasteiger partial charge in [0, 0.05) is 12.7 Å². The molecule has 0 atom stereocenters. The molecule has 2 aliphatic heterocycles. The van der Waals surface area contributed by atoms with Gasteiger partial charge in [-0.1, -0.05) is 12.2 Å². The molecule has 2 rings (SSSR count). The minimum atomic E-state index is 0.738. The van der Waals surface area contributed by atoms with Gasteiger partial charge in [-0.25, -0.2) is 0 Å². The van der Waals surface area contributed by atoms with Gasteiger partial charge in [0.2, 0.25) is 0 Å². The Morgan fingerprint density at radius 3 is 3.08 bits per heavy atom. The standard InChI is InChI=1S/C10H8N2/c11-8-9-4-3-7-12-6-2-1-5-10(9)12/h1-6H,7H2. The monoisotopic (exact) mass is 156 g/mol. The molecule has 0 aliphatic carbocycles. The third-order valence-corrected chi connectivity index (χ3v) is 1.92. The lowest BCUT2D eigenvalue weighted by atomic mass is 10.1. The molecular formula is C10H8N2. The highest BCUT2D eigenvalue weighted by molar-refractivity contribution is 5.47. The molecule has 0 aromatic heterocycles. The van der Waals surface area contributed by atoms with Crippen LogP contribution in [0.2, 0.25) is 0 Å². The average molecular weight is 156 g/mol. The van der Waals surface area contributed by atoms with Crippen molar-refractivity contribution >= 4 is 0 Å². The largest absolute Gasteiger partial charge is 0.343 e. The number of nitrogens with zero attached hydrogens (tertiary/aromatic N) is 2. The smallest absolute Gasteiger partial charge is 0.101 e. The van der Waals surface area contributed by atoms with Crippen molar-refractivity contribution in [1.29, 1.82) is 5.26 Å². The van der Waals surface area contributed by atoms with Crippen LogP contribution in [0.1, 0.15) is 0 Å². The fourth-order valence-corrected chi connectivity index (χ4v) is 1.34. The first-order valence-electron chi connectivity index (χ1n) is 3.84. The molecule has 0 spiro atoms. The minimum Gasteiger partial charge on any atom is -0.343 e. The van der Waals surface area contributed by atoms with Crippen LogP contribution in [-0.2, 0) is 0 Å². The maximum absolute atomic E-state index is 8.79. The lowest BCUT2D eigenvalue weighted by Gasteiger charge is -2.25. The van der Waals surface area contributed by atoms with Gasteiger partial charge in [0.05, 0.1) is 11.3 Å². The molecule has 2 nitrogen and oxygen atoms in total. The molecular weight excluding hydrogens is 148 g/mol. The predicted molar refractivity (Wildman–Crippen MR) is 46.8 cm³/mol. The topological polar surface area (TPSA) is 27.0 Å². The Labute approximate surface area is 71.4 Å². The Bertz CT molecular complexity index is 351. The van der Waals surface area contributed by atoms with Crippen molar-refractivity contribution < 1.29 is 0 Å². The van der Waals surface area contributed by atoms with Crippen LogP contribution in [-0.4, -0.2) is 11.4 Å². The maximum atomic E-state index is 8.79. The van der Waals surface area contributed by atoms with E-state index in [1.165, 1.54) is 0 Å². The number of rotatable bonds is 0. The molecule has 0 aromatic carbocycles. The molecule has 0 bridgehead atoms. The van der Waals surface area contributed by atoms with Crippen molar-refractivity contribution in [3.8, 4) is 6.07 Å². The number of nitriles is 1. The molecule has 58 valence electrons. The van der Waals surface area contributed by atoms with Gasteiger partial charge in [0.1, 0.15) is 6.07 Å².